The molecule has 12 heteroatoms. The zero-order valence-corrected chi connectivity index (χ0v) is 25.0. The molecule has 3 aliphatic rings. The van der Waals surface area contributed by atoms with Gasteiger partial charge in [-0.25, -0.2) is 0 Å². The molecule has 5 rings (SSSR count). The maximum absolute atomic E-state index is 13.4. The van der Waals surface area contributed by atoms with Gasteiger partial charge in [0.05, 0.1) is 11.6 Å². The number of amides is 1. The first-order valence-corrected chi connectivity index (χ1v) is 14.7. The fraction of sp³-hybridized carbons (Fsp3) is 0.600. The Morgan fingerprint density at radius 3 is 2.45 bits per heavy atom. The van der Waals surface area contributed by atoms with E-state index in [9.17, 15) is 22.8 Å². The highest BCUT2D eigenvalue weighted by atomic mass is 35.5. The number of aryl methyl sites for hydroxylation is 2. The van der Waals surface area contributed by atoms with Crippen molar-refractivity contribution in [1.29, 1.82) is 0 Å². The first-order chi connectivity index (χ1) is 19.8. The molecule has 230 valence electrons. The summed E-state index contributed by atoms with van der Waals surface area (Å²) in [4.78, 5) is 30.3. The van der Waals surface area contributed by atoms with Crippen LogP contribution >= 0.6 is 11.6 Å². The molecule has 2 aliphatic heterocycles. The van der Waals surface area contributed by atoms with Crippen LogP contribution in [0.4, 0.5) is 13.2 Å². The average molecular weight is 612 g/mol. The van der Waals surface area contributed by atoms with Crippen molar-refractivity contribution in [2.45, 2.75) is 83.3 Å². The molecule has 1 amide bonds. The van der Waals surface area contributed by atoms with Crippen LogP contribution in [-0.2, 0) is 11.3 Å². The number of halogens is 4. The molecule has 1 aromatic heterocycles. The molecule has 1 unspecified atom stereocenters. The Kier molecular flexibility index (Phi) is 8.57. The highest BCUT2D eigenvalue weighted by molar-refractivity contribution is 6.32. The summed E-state index contributed by atoms with van der Waals surface area (Å²) in [5.74, 6) is 0.636. The number of nitrogens with zero attached hydrogens (tertiary/aromatic N) is 1. The van der Waals surface area contributed by atoms with Gasteiger partial charge in [-0.3, -0.25) is 14.5 Å². The number of ether oxygens (including phenoxy) is 3. The predicted molar refractivity (Wildman–Crippen MR) is 152 cm³/mol. The second kappa shape index (κ2) is 11.7. The molecule has 0 spiro atoms. The lowest BCUT2D eigenvalue weighted by atomic mass is 9.79. The number of rotatable bonds is 6. The lowest BCUT2D eigenvalue weighted by molar-refractivity contribution is -0.315. The van der Waals surface area contributed by atoms with E-state index in [0.717, 1.165) is 44.1 Å². The molecule has 2 fully saturated rings. The Hall–Kier alpha value is -2.76. The molecule has 8 nitrogen and oxygen atoms in total. The van der Waals surface area contributed by atoms with Gasteiger partial charge in [0.2, 0.25) is 0 Å². The van der Waals surface area contributed by atoms with E-state index in [1.807, 2.05) is 17.9 Å². The minimum atomic E-state index is -4.39. The number of nitrogens with one attached hydrogen (secondary N) is 2. The number of fused-ring (bicyclic) bond motifs is 1. The Bertz CT molecular complexity index is 1400. The third kappa shape index (κ3) is 5.75. The molecule has 1 atom stereocenters. The third-order valence-electron chi connectivity index (χ3n) is 9.13. The lowest BCUT2D eigenvalue weighted by Crippen LogP contribution is -2.72. The highest BCUT2D eigenvalue weighted by Crippen LogP contribution is 2.46. The summed E-state index contributed by atoms with van der Waals surface area (Å²) in [6.07, 6.45) is -0.774. The summed E-state index contributed by atoms with van der Waals surface area (Å²) in [7, 11) is 1.13. The van der Waals surface area contributed by atoms with Crippen molar-refractivity contribution in [3.8, 4) is 11.5 Å². The molecular weight excluding hydrogens is 575 g/mol. The number of benzene rings is 1. The monoisotopic (exact) mass is 611 g/mol. The van der Waals surface area contributed by atoms with Crippen LogP contribution in [0.15, 0.2) is 16.9 Å². The molecule has 0 bridgehead atoms. The van der Waals surface area contributed by atoms with Crippen molar-refractivity contribution < 1.29 is 32.2 Å². The van der Waals surface area contributed by atoms with Gasteiger partial charge >= 0.3 is 6.18 Å². The van der Waals surface area contributed by atoms with Gasteiger partial charge in [0.15, 0.2) is 17.1 Å². The number of aromatic amines is 1. The van der Waals surface area contributed by atoms with E-state index < -0.39 is 11.8 Å². The van der Waals surface area contributed by atoms with Crippen LogP contribution in [0.1, 0.15) is 64.8 Å². The number of carbonyl (C=O) groups is 1. The van der Waals surface area contributed by atoms with E-state index in [2.05, 4.69) is 10.3 Å². The van der Waals surface area contributed by atoms with Crippen molar-refractivity contribution in [2.24, 2.45) is 5.92 Å². The second-order valence-corrected chi connectivity index (χ2v) is 12.2. The molecule has 2 aromatic rings. The van der Waals surface area contributed by atoms with E-state index in [0.29, 0.717) is 41.2 Å². The van der Waals surface area contributed by atoms with Crippen LogP contribution in [0.2, 0.25) is 5.02 Å². The van der Waals surface area contributed by atoms with Crippen LogP contribution in [0.25, 0.3) is 0 Å². The van der Waals surface area contributed by atoms with Crippen LogP contribution in [0.5, 0.6) is 11.5 Å². The Balaban J connectivity index is 1.25. The van der Waals surface area contributed by atoms with E-state index in [-0.39, 0.29) is 54.2 Å². The van der Waals surface area contributed by atoms with Crippen molar-refractivity contribution in [3.05, 3.63) is 55.5 Å². The van der Waals surface area contributed by atoms with Crippen molar-refractivity contribution in [3.63, 3.8) is 0 Å². The van der Waals surface area contributed by atoms with Crippen LogP contribution in [-0.4, -0.2) is 66.5 Å². The molecule has 42 heavy (non-hydrogen) atoms. The molecule has 1 aliphatic carbocycles. The number of likely N-dealkylation sites (tertiary alicyclic amines) is 1. The maximum Gasteiger partial charge on any atom is 0.419 e. The van der Waals surface area contributed by atoms with Crippen LogP contribution < -0.4 is 20.3 Å². The van der Waals surface area contributed by atoms with E-state index >= 15 is 0 Å². The Labute approximate surface area is 247 Å². The van der Waals surface area contributed by atoms with E-state index in [1.165, 1.54) is 0 Å². The van der Waals surface area contributed by atoms with Gasteiger partial charge in [-0.05, 0) is 70.1 Å². The summed E-state index contributed by atoms with van der Waals surface area (Å²) in [6.45, 7) is 5.59. The summed E-state index contributed by atoms with van der Waals surface area (Å²) >= 11 is 6.56. The van der Waals surface area contributed by atoms with E-state index in [4.69, 9.17) is 25.8 Å². The normalized spacial score (nSPS) is 24.0. The molecule has 1 saturated carbocycles. The zero-order valence-electron chi connectivity index (χ0n) is 24.3. The number of methoxy groups -OCH3 is 1. The number of alkyl halides is 3. The van der Waals surface area contributed by atoms with Crippen LogP contribution in [0, 0.1) is 26.7 Å². The van der Waals surface area contributed by atoms with Crippen molar-refractivity contribution in [2.75, 3.05) is 26.8 Å². The molecule has 2 N–H and O–H groups in total. The largest absolute Gasteiger partial charge is 0.488 e. The topological polar surface area (TPSA) is 92.9 Å². The van der Waals surface area contributed by atoms with Gasteiger partial charge in [0, 0.05) is 61.6 Å². The van der Waals surface area contributed by atoms with Gasteiger partial charge in [0.1, 0.15) is 6.10 Å². The van der Waals surface area contributed by atoms with Gasteiger partial charge < -0.3 is 24.5 Å². The smallest absolute Gasteiger partial charge is 0.419 e. The number of H-pyrrole nitrogens is 1. The summed E-state index contributed by atoms with van der Waals surface area (Å²) < 4.78 is 57.7. The fourth-order valence-electron chi connectivity index (χ4n) is 6.53. The number of hydrogen-bond acceptors (Lipinski definition) is 6. The summed E-state index contributed by atoms with van der Waals surface area (Å²) in [5, 5.41) is 3.09. The standard InChI is InChI=1S/C30H37ClF3N3O5/c1-16-11-17(2)36-28(39)22(16)13-35-27(38)21-12-23(31)26-25(18(21)3)42-24(9-10-41-26)19-5-7-20(8-6-19)37-14-29(15-37,40-4)30(32,33)34/h11-12,19-20,24H,5-10,13-15H2,1-4H3,(H,35,38)(H,36,39). The highest BCUT2D eigenvalue weighted by Gasteiger charge is 2.63. The van der Waals surface area contributed by atoms with Gasteiger partial charge in [-0.1, -0.05) is 11.6 Å². The maximum atomic E-state index is 13.4. The summed E-state index contributed by atoms with van der Waals surface area (Å²) in [6, 6.07) is 3.49. The molecule has 1 saturated heterocycles. The molecule has 1 aromatic carbocycles. The number of carbonyl (C=O) groups excluding carboxylic acids is 1. The second-order valence-electron chi connectivity index (χ2n) is 11.8. The number of hydrogen-bond donors (Lipinski definition) is 2. The van der Waals surface area contributed by atoms with Gasteiger partial charge in [0.25, 0.3) is 11.5 Å². The minimum Gasteiger partial charge on any atom is -0.488 e. The lowest BCUT2D eigenvalue weighted by Gasteiger charge is -2.53. The summed E-state index contributed by atoms with van der Waals surface area (Å²) in [5.41, 5.74) is 0.623. The quantitative estimate of drug-likeness (QED) is 0.465. The fourth-order valence-corrected chi connectivity index (χ4v) is 6.78. The van der Waals surface area contributed by atoms with Gasteiger partial charge in [-0.15, -0.1) is 0 Å². The Morgan fingerprint density at radius 2 is 1.83 bits per heavy atom. The van der Waals surface area contributed by atoms with Gasteiger partial charge in [-0.2, -0.15) is 13.2 Å². The molecule has 3 heterocycles. The third-order valence-corrected chi connectivity index (χ3v) is 9.41. The first-order valence-electron chi connectivity index (χ1n) is 14.3. The Morgan fingerprint density at radius 1 is 1.14 bits per heavy atom. The minimum absolute atomic E-state index is 0.0587. The first kappa shape index (κ1) is 30.7. The predicted octanol–water partition coefficient (Wildman–Crippen LogP) is 5.24. The average Bonchev–Trinajstić information content (AvgIpc) is 3.13. The SMILES string of the molecule is COC1(C(F)(F)F)CN(C2CCC(C3CCOc4c(Cl)cc(C(=O)NCc5c(C)cc(C)[nH]c5=O)c(C)c4O3)CC2)C1. The molecule has 0 radical (unpaired) electrons. The van der Waals surface area contributed by atoms with Crippen LogP contribution in [0.3, 0.4) is 0 Å². The molecular formula is C30H37ClF3N3O5. The van der Waals surface area contributed by atoms with E-state index in [1.54, 1.807) is 19.9 Å². The number of aromatic nitrogens is 1. The van der Waals surface area contributed by atoms with Crippen molar-refractivity contribution in [1.82, 2.24) is 15.2 Å². The number of pyridine rings is 1. The zero-order chi connectivity index (χ0) is 30.4. The van der Waals surface area contributed by atoms with Crippen molar-refractivity contribution >= 4 is 17.5 Å².